The quantitative estimate of drug-likeness (QED) is 0.0222. The fourth-order valence-corrected chi connectivity index (χ4v) is 10.7. The van der Waals surface area contributed by atoms with Crippen LogP contribution in [0.1, 0.15) is 42.0 Å². The number of benzene rings is 4. The van der Waals surface area contributed by atoms with Gasteiger partial charge >= 0.3 is 5.51 Å². The van der Waals surface area contributed by atoms with Crippen LogP contribution in [0.4, 0.5) is 35.9 Å². The van der Waals surface area contributed by atoms with Gasteiger partial charge in [-0.3, -0.25) is 9.52 Å². The third kappa shape index (κ3) is 11.8. The summed E-state index contributed by atoms with van der Waals surface area (Å²) in [5.41, 5.74) is 2.98. The third-order valence-electron chi connectivity index (χ3n) is 10.8. The minimum absolute atomic E-state index is 0.0202. The summed E-state index contributed by atoms with van der Waals surface area (Å²) in [6.45, 7) is 13.2. The molecule has 1 saturated heterocycles. The Kier molecular flexibility index (Phi) is 16.6. The van der Waals surface area contributed by atoms with Gasteiger partial charge in [0.2, 0.25) is 0 Å². The fourth-order valence-electron chi connectivity index (χ4n) is 7.56. The zero-order chi connectivity index (χ0) is 46.9. The van der Waals surface area contributed by atoms with Gasteiger partial charge in [-0.1, -0.05) is 79.6 Å². The van der Waals surface area contributed by atoms with E-state index in [1.807, 2.05) is 81.8 Å². The number of rotatable bonds is 18. The van der Waals surface area contributed by atoms with Crippen molar-refractivity contribution in [1.29, 1.82) is 0 Å². The highest BCUT2D eigenvalue weighted by atomic mass is 32.2. The largest absolute Gasteiger partial charge is 0.501 e. The third-order valence-corrected chi connectivity index (χ3v) is 15.0. The molecule has 1 aliphatic rings. The van der Waals surface area contributed by atoms with E-state index in [1.165, 1.54) is 35.8 Å². The van der Waals surface area contributed by atoms with E-state index in [1.54, 1.807) is 12.1 Å². The van der Waals surface area contributed by atoms with Crippen LogP contribution in [0, 0.1) is 6.92 Å². The number of carbonyl (C=O) groups excluding carboxylic acids is 1. The minimum atomic E-state index is -5.73. The van der Waals surface area contributed by atoms with E-state index in [2.05, 4.69) is 73.3 Å². The van der Waals surface area contributed by atoms with Crippen LogP contribution in [0.15, 0.2) is 137 Å². The monoisotopic (exact) mass is 962 g/mol. The molecular weight excluding hydrogens is 909 g/mol. The molecule has 1 aliphatic heterocycles. The fraction of sp³-hybridized carbons (Fsp3) is 0.271. The number of allylic oxidation sites excluding steroid dienone is 5. The number of halogens is 3. The summed E-state index contributed by atoms with van der Waals surface area (Å²) in [4.78, 5) is 29.4. The SMILES string of the molecule is C=C(C)/C=C\C(=C/CC)c1c(-c2cccc(N3CCN(c4ccc(NP(O)c5ccc(NCCSc6ccccc6)c(S(=O)(=O)C(F)(F)F)c5)cc4)CC3)c2)c(C(=O)NSC)c(C)n1C. The van der Waals surface area contributed by atoms with Crippen molar-refractivity contribution in [3.05, 3.63) is 144 Å². The van der Waals surface area contributed by atoms with Crippen molar-refractivity contribution in [2.75, 3.05) is 64.9 Å². The number of piperazine rings is 1. The molecule has 6 rings (SSSR count). The molecule has 5 aromatic rings. The molecule has 1 unspecified atom stereocenters. The molecule has 0 saturated carbocycles. The van der Waals surface area contributed by atoms with Crippen LogP contribution in [0.2, 0.25) is 0 Å². The van der Waals surface area contributed by atoms with Gasteiger partial charge in [-0.25, -0.2) is 8.42 Å². The predicted octanol–water partition coefficient (Wildman–Crippen LogP) is 10.8. The van der Waals surface area contributed by atoms with Crippen LogP contribution in [0.5, 0.6) is 0 Å². The molecule has 4 N–H and O–H groups in total. The number of carbonyl (C=O) groups is 1. The number of sulfone groups is 1. The molecule has 17 heteroatoms. The maximum atomic E-state index is 13.8. The first-order chi connectivity index (χ1) is 31.0. The highest BCUT2D eigenvalue weighted by Gasteiger charge is 2.48. The summed E-state index contributed by atoms with van der Waals surface area (Å²) in [6, 6.07) is 28.7. The normalized spacial score (nSPS) is 14.1. The lowest BCUT2D eigenvalue weighted by atomic mass is 9.95. The van der Waals surface area contributed by atoms with Crippen molar-refractivity contribution in [3.63, 3.8) is 0 Å². The molecule has 1 aromatic heterocycles. The Morgan fingerprint density at radius 1 is 0.923 bits per heavy atom. The highest BCUT2D eigenvalue weighted by Crippen LogP contribution is 2.40. The summed E-state index contributed by atoms with van der Waals surface area (Å²) in [5, 5.41) is 5.81. The van der Waals surface area contributed by atoms with Gasteiger partial charge in [-0.15, -0.1) is 11.8 Å². The average Bonchev–Trinajstić information content (AvgIpc) is 3.56. The van der Waals surface area contributed by atoms with E-state index in [0.29, 0.717) is 17.0 Å². The van der Waals surface area contributed by atoms with Crippen molar-refractivity contribution < 1.29 is 31.3 Å². The number of anilines is 4. The summed E-state index contributed by atoms with van der Waals surface area (Å²) in [7, 11) is -6.01. The standard InChI is InChI=1S/C48H54F3N6O4PS3/c1-7-12-35(18-17-33(2)3)46-45(44(34(4)55(46)5)47(58)54-63-6)36-13-11-14-39(31-36)57-28-26-56(27-29-57)38-21-19-37(20-22-38)53-62(59)40-23-24-42(43(32-40)65(60,61)48(49,50)51)52-25-30-64-41-15-9-8-10-16-41/h8-24,31-32,52-53,59H,2,7,25-30H2,1,3-6H3,(H,54,58)/b18-17-,35-12+. The van der Waals surface area contributed by atoms with Gasteiger partial charge in [-0.05, 0) is 98.1 Å². The second kappa shape index (κ2) is 21.9. The molecule has 4 aromatic carbocycles. The second-order valence-corrected chi connectivity index (χ2v) is 20.4. The van der Waals surface area contributed by atoms with Crippen molar-refractivity contribution in [2.45, 2.75) is 42.5 Å². The Balaban J connectivity index is 1.14. The lowest BCUT2D eigenvalue weighted by Gasteiger charge is -2.37. The second-order valence-electron chi connectivity index (χ2n) is 15.3. The Labute approximate surface area is 390 Å². The van der Waals surface area contributed by atoms with E-state index in [9.17, 15) is 31.3 Å². The first-order valence-electron chi connectivity index (χ1n) is 20.9. The number of nitrogens with zero attached hydrogens (tertiary/aromatic N) is 3. The molecule has 0 spiro atoms. The summed E-state index contributed by atoms with van der Waals surface area (Å²) < 4.78 is 71.9. The van der Waals surface area contributed by atoms with Crippen LogP contribution in [0.3, 0.4) is 0 Å². The molecule has 1 atom stereocenters. The summed E-state index contributed by atoms with van der Waals surface area (Å²) in [6.07, 6.45) is 8.86. The van der Waals surface area contributed by atoms with Crippen LogP contribution in [0.25, 0.3) is 16.7 Å². The van der Waals surface area contributed by atoms with Crippen LogP contribution >= 0.6 is 32.0 Å². The molecule has 10 nitrogen and oxygen atoms in total. The minimum Gasteiger partial charge on any atom is -0.383 e. The van der Waals surface area contributed by atoms with E-state index in [4.69, 9.17) is 0 Å². The topological polar surface area (TPSA) is 119 Å². The van der Waals surface area contributed by atoms with Crippen LogP contribution < -0.4 is 30.2 Å². The molecule has 344 valence electrons. The Bertz CT molecular complexity index is 2650. The zero-order valence-electron chi connectivity index (χ0n) is 36.9. The predicted molar refractivity (Wildman–Crippen MR) is 267 cm³/mol. The van der Waals surface area contributed by atoms with Gasteiger partial charge in [-0.2, -0.15) is 13.2 Å². The van der Waals surface area contributed by atoms with Gasteiger partial charge in [0, 0.05) is 90.3 Å². The smallest absolute Gasteiger partial charge is 0.383 e. The maximum Gasteiger partial charge on any atom is 0.501 e. The molecule has 1 amide bonds. The Morgan fingerprint density at radius 2 is 1.60 bits per heavy atom. The number of amides is 1. The van der Waals surface area contributed by atoms with Gasteiger partial charge in [0.15, 0.2) is 8.30 Å². The first-order valence-corrected chi connectivity index (χ1v) is 25.9. The molecule has 0 aliphatic carbocycles. The van der Waals surface area contributed by atoms with Gasteiger partial charge in [0.25, 0.3) is 15.7 Å². The summed E-state index contributed by atoms with van der Waals surface area (Å²) >= 11 is 2.75. The Morgan fingerprint density at radius 3 is 2.23 bits per heavy atom. The van der Waals surface area contributed by atoms with Crippen molar-refractivity contribution in [3.8, 4) is 11.1 Å². The average molecular weight is 963 g/mol. The van der Waals surface area contributed by atoms with E-state index in [0.717, 1.165) is 88.6 Å². The lowest BCUT2D eigenvalue weighted by Crippen LogP contribution is -2.46. The Hall–Kier alpha value is -5.12. The molecule has 2 heterocycles. The zero-order valence-corrected chi connectivity index (χ0v) is 40.3. The van der Waals surface area contributed by atoms with Crippen molar-refractivity contribution in [2.24, 2.45) is 7.05 Å². The number of thioether (sulfide) groups is 1. The number of aromatic nitrogens is 1. The maximum absolute atomic E-state index is 13.8. The molecule has 0 bridgehead atoms. The lowest BCUT2D eigenvalue weighted by molar-refractivity contribution is -0.0435. The number of hydrogen-bond acceptors (Lipinski definition) is 10. The molecule has 1 fully saturated rings. The molecule has 65 heavy (non-hydrogen) atoms. The first kappa shape index (κ1) is 49.3. The van der Waals surface area contributed by atoms with Crippen LogP contribution in [-0.4, -0.2) is 74.0 Å². The van der Waals surface area contributed by atoms with E-state index < -0.39 is 28.5 Å². The van der Waals surface area contributed by atoms with Gasteiger partial charge < -0.3 is 29.7 Å². The number of hydrogen-bond donors (Lipinski definition) is 4. The summed E-state index contributed by atoms with van der Waals surface area (Å²) in [5.74, 6) is 0.329. The van der Waals surface area contributed by atoms with Gasteiger partial charge in [0.1, 0.15) is 0 Å². The van der Waals surface area contributed by atoms with Crippen LogP contribution in [-0.2, 0) is 16.9 Å². The van der Waals surface area contributed by atoms with Gasteiger partial charge in [0.05, 0.1) is 21.8 Å². The van der Waals surface area contributed by atoms with E-state index >= 15 is 0 Å². The van der Waals surface area contributed by atoms with Crippen molar-refractivity contribution in [1.82, 2.24) is 9.29 Å². The molecule has 0 radical (unpaired) electrons. The number of nitrogens with one attached hydrogen (secondary N) is 3. The highest BCUT2D eigenvalue weighted by molar-refractivity contribution is 7.99. The van der Waals surface area contributed by atoms with E-state index in [-0.39, 0.29) is 23.4 Å². The van der Waals surface area contributed by atoms with Crippen molar-refractivity contribution >= 4 is 81.4 Å². The molecular formula is C48H54F3N6O4PS3. The number of alkyl halides is 3.